The molecule has 0 aliphatic carbocycles. The maximum atomic E-state index is 13.6. The Morgan fingerprint density at radius 3 is 2.54 bits per heavy atom. The lowest BCUT2D eigenvalue weighted by molar-refractivity contribution is -0.149. The Hall–Kier alpha value is -3.31. The fourth-order valence-electron chi connectivity index (χ4n) is 3.43. The molecule has 6 atom stereocenters. The lowest BCUT2D eigenvalue weighted by Crippen LogP contribution is -2.39. The standard InChI is InChI=1S/C22H27N4O10P/c1-12(2)34-21(30)13(3)25-37(32,36-15-7-5-4-6-8-15)33-11-16-18(28)19(29)20(35-16)26-14(10-23)9-17(27)24-22(26)31/h4-9,12-13,16,18-20,28-29H,11H2,1-3H3,(H,25,32)(H,24,27,31)/t13-,16+,18+,19+,20+,37?/m0/s1. The van der Waals surface area contributed by atoms with E-state index in [4.69, 9.17) is 18.5 Å². The molecule has 0 saturated carbocycles. The Balaban J connectivity index is 1.81. The molecule has 1 aliphatic rings. The number of aliphatic hydroxyl groups excluding tert-OH is 2. The summed E-state index contributed by atoms with van der Waals surface area (Å²) in [5, 5.41) is 32.8. The predicted octanol–water partition coefficient (Wildman–Crippen LogP) is 0.161. The van der Waals surface area contributed by atoms with Gasteiger partial charge in [0.05, 0.1) is 12.7 Å². The lowest BCUT2D eigenvalue weighted by atomic mass is 10.1. The lowest BCUT2D eigenvalue weighted by Gasteiger charge is -2.25. The number of hydrogen-bond acceptors (Lipinski definition) is 11. The summed E-state index contributed by atoms with van der Waals surface area (Å²) in [6.07, 6.45) is -6.71. The smallest absolute Gasteiger partial charge is 0.459 e. The van der Waals surface area contributed by atoms with Crippen LogP contribution in [0.4, 0.5) is 0 Å². The molecule has 1 unspecified atom stereocenters. The minimum Gasteiger partial charge on any atom is -0.462 e. The summed E-state index contributed by atoms with van der Waals surface area (Å²) in [7, 11) is -4.31. The Kier molecular flexibility index (Phi) is 9.03. The number of aromatic amines is 1. The maximum absolute atomic E-state index is 13.6. The molecule has 1 fully saturated rings. The molecule has 0 bridgehead atoms. The summed E-state index contributed by atoms with van der Waals surface area (Å²) in [6.45, 7) is 4.06. The third kappa shape index (κ3) is 6.92. The van der Waals surface area contributed by atoms with Crippen LogP contribution in [0.25, 0.3) is 0 Å². The van der Waals surface area contributed by atoms with Gasteiger partial charge in [-0.2, -0.15) is 10.3 Å². The van der Waals surface area contributed by atoms with Crippen molar-refractivity contribution in [3.8, 4) is 11.8 Å². The van der Waals surface area contributed by atoms with E-state index in [9.17, 15) is 34.4 Å². The molecule has 4 N–H and O–H groups in total. The number of esters is 1. The number of H-pyrrole nitrogens is 1. The summed E-state index contributed by atoms with van der Waals surface area (Å²) in [5.74, 6) is -0.573. The van der Waals surface area contributed by atoms with Crippen molar-refractivity contribution in [3.05, 3.63) is 62.9 Å². The second-order valence-electron chi connectivity index (χ2n) is 8.39. The van der Waals surface area contributed by atoms with Crippen LogP contribution in [0, 0.1) is 11.3 Å². The minimum atomic E-state index is -4.31. The molecule has 37 heavy (non-hydrogen) atoms. The SMILES string of the molecule is CC(C)OC(=O)[C@H](C)NP(=O)(OC[C@H]1O[C@@H](n2c(C#N)cc(=O)[nH]c2=O)[C@H](O)[C@@H]1O)Oc1ccccc1. The Labute approximate surface area is 211 Å². The van der Waals surface area contributed by atoms with E-state index in [2.05, 4.69) is 5.09 Å². The largest absolute Gasteiger partial charge is 0.462 e. The van der Waals surface area contributed by atoms with Crippen LogP contribution in [-0.4, -0.2) is 62.8 Å². The van der Waals surface area contributed by atoms with Gasteiger partial charge in [0.2, 0.25) is 0 Å². The third-order valence-electron chi connectivity index (χ3n) is 5.12. The number of nitriles is 1. The molecular weight excluding hydrogens is 511 g/mol. The van der Waals surface area contributed by atoms with Gasteiger partial charge in [-0.15, -0.1) is 0 Å². The molecule has 200 valence electrons. The van der Waals surface area contributed by atoms with Crippen molar-refractivity contribution in [1.29, 1.82) is 5.26 Å². The molecule has 1 aromatic heterocycles. The topological polar surface area (TPSA) is 202 Å². The second kappa shape index (κ2) is 11.8. The van der Waals surface area contributed by atoms with Crippen molar-refractivity contribution in [1.82, 2.24) is 14.6 Å². The Bertz CT molecular complexity index is 1310. The van der Waals surface area contributed by atoms with E-state index in [0.29, 0.717) is 4.57 Å². The average Bonchev–Trinajstić information content (AvgIpc) is 3.10. The molecule has 0 amide bonds. The first kappa shape index (κ1) is 28.3. The summed E-state index contributed by atoms with van der Waals surface area (Å²) >= 11 is 0. The summed E-state index contributed by atoms with van der Waals surface area (Å²) in [6, 6.07) is 9.31. The van der Waals surface area contributed by atoms with E-state index >= 15 is 0 Å². The van der Waals surface area contributed by atoms with Crippen molar-refractivity contribution in [2.24, 2.45) is 0 Å². The zero-order valence-electron chi connectivity index (χ0n) is 20.1. The Morgan fingerprint density at radius 1 is 1.24 bits per heavy atom. The van der Waals surface area contributed by atoms with Gasteiger partial charge in [-0.1, -0.05) is 18.2 Å². The molecule has 0 radical (unpaired) electrons. The number of ether oxygens (including phenoxy) is 2. The molecule has 3 rings (SSSR count). The molecule has 14 nitrogen and oxygen atoms in total. The first-order valence-electron chi connectivity index (χ1n) is 11.2. The van der Waals surface area contributed by atoms with E-state index in [1.807, 2.05) is 4.98 Å². The van der Waals surface area contributed by atoms with Crippen LogP contribution in [-0.2, 0) is 23.4 Å². The molecule has 0 spiro atoms. The predicted molar refractivity (Wildman–Crippen MR) is 126 cm³/mol. The second-order valence-corrected chi connectivity index (χ2v) is 10.1. The molecule has 15 heteroatoms. The number of carbonyl (C=O) groups is 1. The van der Waals surface area contributed by atoms with Gasteiger partial charge in [0.1, 0.15) is 41.9 Å². The van der Waals surface area contributed by atoms with E-state index in [0.717, 1.165) is 6.07 Å². The first-order chi connectivity index (χ1) is 17.4. The van der Waals surface area contributed by atoms with Crippen molar-refractivity contribution in [3.63, 3.8) is 0 Å². The summed E-state index contributed by atoms with van der Waals surface area (Å²) < 4.78 is 35.9. The van der Waals surface area contributed by atoms with Crippen LogP contribution in [0.5, 0.6) is 5.75 Å². The highest BCUT2D eigenvalue weighted by molar-refractivity contribution is 7.52. The number of nitrogens with one attached hydrogen (secondary N) is 2. The van der Waals surface area contributed by atoms with E-state index in [-0.39, 0.29) is 5.75 Å². The van der Waals surface area contributed by atoms with Crippen LogP contribution in [0.1, 0.15) is 32.7 Å². The first-order valence-corrected chi connectivity index (χ1v) is 12.7. The molecule has 1 aromatic carbocycles. The van der Waals surface area contributed by atoms with Crippen LogP contribution in [0.3, 0.4) is 0 Å². The third-order valence-corrected chi connectivity index (χ3v) is 6.76. The van der Waals surface area contributed by atoms with E-state index < -0.39 is 74.0 Å². The van der Waals surface area contributed by atoms with E-state index in [1.54, 1.807) is 38.1 Å². The van der Waals surface area contributed by atoms with Gasteiger partial charge in [0.15, 0.2) is 6.23 Å². The number of carbonyl (C=O) groups excluding carboxylic acids is 1. The van der Waals surface area contributed by atoms with Crippen LogP contribution >= 0.6 is 7.75 Å². The number of rotatable bonds is 10. The highest BCUT2D eigenvalue weighted by atomic mass is 31.2. The zero-order valence-corrected chi connectivity index (χ0v) is 21.0. The minimum absolute atomic E-state index is 0.145. The number of hydrogen-bond donors (Lipinski definition) is 4. The number of aromatic nitrogens is 2. The van der Waals surface area contributed by atoms with Crippen LogP contribution in [0.2, 0.25) is 0 Å². The van der Waals surface area contributed by atoms with Crippen LogP contribution < -0.4 is 20.9 Å². The van der Waals surface area contributed by atoms with Crippen LogP contribution in [0.15, 0.2) is 46.0 Å². The Morgan fingerprint density at radius 2 is 1.92 bits per heavy atom. The molecule has 1 saturated heterocycles. The molecule has 2 heterocycles. The molecule has 1 aliphatic heterocycles. The van der Waals surface area contributed by atoms with E-state index in [1.165, 1.54) is 19.1 Å². The summed E-state index contributed by atoms with van der Waals surface area (Å²) in [5.41, 5.74) is -2.29. The fraction of sp³-hybridized carbons (Fsp3) is 0.455. The quantitative estimate of drug-likeness (QED) is 0.236. The van der Waals surface area contributed by atoms with Gasteiger partial charge in [0, 0.05) is 6.07 Å². The number of nitrogens with zero attached hydrogens (tertiary/aromatic N) is 2. The summed E-state index contributed by atoms with van der Waals surface area (Å²) in [4.78, 5) is 38.0. The number of aliphatic hydroxyl groups is 2. The van der Waals surface area contributed by atoms with Crippen molar-refractivity contribution >= 4 is 13.7 Å². The van der Waals surface area contributed by atoms with Gasteiger partial charge in [-0.3, -0.25) is 23.7 Å². The van der Waals surface area contributed by atoms with Crippen molar-refractivity contribution in [2.75, 3.05) is 6.61 Å². The normalized spacial score (nSPS) is 23.7. The van der Waals surface area contributed by atoms with Gasteiger partial charge in [-0.25, -0.2) is 9.36 Å². The van der Waals surface area contributed by atoms with Gasteiger partial charge in [-0.05, 0) is 32.9 Å². The van der Waals surface area contributed by atoms with Gasteiger partial charge < -0.3 is 24.2 Å². The molecular formula is C22H27N4O10P. The van der Waals surface area contributed by atoms with Crippen molar-refractivity contribution in [2.45, 2.75) is 57.5 Å². The highest BCUT2D eigenvalue weighted by Gasteiger charge is 2.46. The fourth-order valence-corrected chi connectivity index (χ4v) is 4.93. The number of para-hydroxylation sites is 1. The monoisotopic (exact) mass is 538 g/mol. The number of benzene rings is 1. The maximum Gasteiger partial charge on any atom is 0.459 e. The molecule has 2 aromatic rings. The highest BCUT2D eigenvalue weighted by Crippen LogP contribution is 2.46. The van der Waals surface area contributed by atoms with Gasteiger partial charge in [0.25, 0.3) is 5.56 Å². The van der Waals surface area contributed by atoms with Gasteiger partial charge >= 0.3 is 19.4 Å². The zero-order chi connectivity index (χ0) is 27.3. The van der Waals surface area contributed by atoms with Crippen molar-refractivity contribution < 1.29 is 38.1 Å². The average molecular weight is 538 g/mol.